The fourth-order valence-electron chi connectivity index (χ4n) is 3.20. The number of hydrogen-bond acceptors (Lipinski definition) is 5. The highest BCUT2D eigenvalue weighted by Crippen LogP contribution is 2.37. The number of carbonyl (C=O) groups excluding carboxylic acids is 1. The summed E-state index contributed by atoms with van der Waals surface area (Å²) in [7, 11) is -0.681. The van der Waals surface area contributed by atoms with Gasteiger partial charge in [-0.1, -0.05) is 0 Å². The second-order valence-corrected chi connectivity index (χ2v) is 9.40. The predicted molar refractivity (Wildman–Crippen MR) is 118 cm³/mol. The van der Waals surface area contributed by atoms with Crippen molar-refractivity contribution in [2.75, 3.05) is 5.32 Å². The maximum absolute atomic E-state index is 14.7. The zero-order chi connectivity index (χ0) is 23.2. The molecular formula is C23H27BFN3O3. The molecule has 1 amide bonds. The lowest BCUT2D eigenvalue weighted by Gasteiger charge is -2.32. The number of pyridine rings is 1. The number of carbonyl (C=O) groups is 1. The fraction of sp³-hybridized carbons (Fsp3) is 0.435. The number of nitrogens with one attached hydrogen (secondary N) is 1. The fourth-order valence-corrected chi connectivity index (χ4v) is 3.20. The lowest BCUT2D eigenvalue weighted by atomic mass is 9.76. The maximum Gasteiger partial charge on any atom is 0.495 e. The number of rotatable bonds is 4. The van der Waals surface area contributed by atoms with E-state index in [9.17, 15) is 14.4 Å². The van der Waals surface area contributed by atoms with E-state index in [0.717, 1.165) is 0 Å². The Hall–Kier alpha value is -2.76. The number of anilines is 1. The molecule has 0 bridgehead atoms. The van der Waals surface area contributed by atoms with Gasteiger partial charge in [0.15, 0.2) is 0 Å². The van der Waals surface area contributed by atoms with E-state index >= 15 is 0 Å². The van der Waals surface area contributed by atoms with Gasteiger partial charge in [0, 0.05) is 6.20 Å². The molecule has 1 aliphatic rings. The Morgan fingerprint density at radius 1 is 1.19 bits per heavy atom. The average Bonchev–Trinajstić information content (AvgIpc) is 2.91. The minimum atomic E-state index is -0.781. The first kappa shape index (κ1) is 22.9. The van der Waals surface area contributed by atoms with E-state index in [4.69, 9.17) is 9.31 Å². The molecule has 1 N–H and O–H groups in total. The van der Waals surface area contributed by atoms with E-state index < -0.39 is 35.5 Å². The highest BCUT2D eigenvalue weighted by Gasteiger charge is 2.52. The minimum Gasteiger partial charge on any atom is -0.399 e. The van der Waals surface area contributed by atoms with Crippen LogP contribution in [0.2, 0.25) is 0 Å². The van der Waals surface area contributed by atoms with Gasteiger partial charge in [-0.15, -0.1) is 0 Å². The minimum absolute atomic E-state index is 0.00654. The Kier molecular flexibility index (Phi) is 5.72. The number of nitriles is 1. The summed E-state index contributed by atoms with van der Waals surface area (Å²) >= 11 is 0. The Morgan fingerprint density at radius 2 is 1.81 bits per heavy atom. The molecule has 162 valence electrons. The number of aromatic nitrogens is 1. The summed E-state index contributed by atoms with van der Waals surface area (Å²) in [5.41, 5.74) is 0.187. The molecule has 1 aromatic carbocycles. The Labute approximate surface area is 182 Å². The molecule has 0 atom stereocenters. The summed E-state index contributed by atoms with van der Waals surface area (Å²) < 4.78 is 26.8. The molecule has 0 spiro atoms. The van der Waals surface area contributed by atoms with Crippen LogP contribution in [0.15, 0.2) is 30.5 Å². The van der Waals surface area contributed by atoms with Crippen molar-refractivity contribution >= 4 is 24.2 Å². The summed E-state index contributed by atoms with van der Waals surface area (Å²) in [4.78, 5) is 16.8. The van der Waals surface area contributed by atoms with E-state index in [1.807, 2.05) is 27.7 Å². The molecule has 1 saturated heterocycles. The topological polar surface area (TPSA) is 84.2 Å². The third-order valence-corrected chi connectivity index (χ3v) is 6.10. The largest absolute Gasteiger partial charge is 0.495 e. The van der Waals surface area contributed by atoms with Crippen LogP contribution >= 0.6 is 0 Å². The molecule has 2 aromatic rings. The zero-order valence-electron chi connectivity index (χ0n) is 19.0. The lowest BCUT2D eigenvalue weighted by Crippen LogP contribution is -2.41. The van der Waals surface area contributed by atoms with Crippen molar-refractivity contribution < 1.29 is 18.5 Å². The monoisotopic (exact) mass is 423 g/mol. The number of halogens is 1. The van der Waals surface area contributed by atoms with Crippen molar-refractivity contribution in [2.24, 2.45) is 0 Å². The molecule has 0 unspecified atom stereocenters. The van der Waals surface area contributed by atoms with Crippen molar-refractivity contribution in [1.29, 1.82) is 5.26 Å². The van der Waals surface area contributed by atoms with Crippen LogP contribution in [0.1, 0.15) is 63.2 Å². The van der Waals surface area contributed by atoms with Crippen molar-refractivity contribution in [1.82, 2.24) is 4.98 Å². The molecule has 1 fully saturated rings. The van der Waals surface area contributed by atoms with E-state index in [1.165, 1.54) is 18.3 Å². The second kappa shape index (κ2) is 7.74. The first-order chi connectivity index (χ1) is 14.3. The molecule has 0 aliphatic carbocycles. The van der Waals surface area contributed by atoms with Crippen LogP contribution in [0.25, 0.3) is 0 Å². The third kappa shape index (κ3) is 4.34. The Balaban J connectivity index is 1.90. The van der Waals surface area contributed by atoms with E-state index in [2.05, 4.69) is 16.4 Å². The van der Waals surface area contributed by atoms with Crippen LogP contribution in [0.4, 0.5) is 10.1 Å². The normalized spacial score (nSPS) is 17.3. The van der Waals surface area contributed by atoms with Gasteiger partial charge in [-0.25, -0.2) is 4.39 Å². The van der Waals surface area contributed by atoms with Gasteiger partial charge in [-0.05, 0) is 89.3 Å². The van der Waals surface area contributed by atoms with Gasteiger partial charge in [-0.2, -0.15) is 5.26 Å². The molecule has 31 heavy (non-hydrogen) atoms. The molecular weight excluding hydrogens is 396 g/mol. The lowest BCUT2D eigenvalue weighted by molar-refractivity contribution is 0.00578. The molecule has 0 saturated carbocycles. The quantitative estimate of drug-likeness (QED) is 0.755. The van der Waals surface area contributed by atoms with Crippen molar-refractivity contribution in [3.63, 3.8) is 0 Å². The number of aryl methyl sites for hydroxylation is 1. The molecule has 6 nitrogen and oxygen atoms in total. The van der Waals surface area contributed by atoms with Crippen LogP contribution in [-0.2, 0) is 14.7 Å². The van der Waals surface area contributed by atoms with Crippen LogP contribution in [0.3, 0.4) is 0 Å². The molecule has 1 aromatic heterocycles. The van der Waals surface area contributed by atoms with Crippen LogP contribution in [0.5, 0.6) is 0 Å². The van der Waals surface area contributed by atoms with Gasteiger partial charge in [0.1, 0.15) is 11.5 Å². The highest BCUT2D eigenvalue weighted by atomic mass is 19.1. The summed E-state index contributed by atoms with van der Waals surface area (Å²) in [5.74, 6) is -1.14. The highest BCUT2D eigenvalue weighted by molar-refractivity contribution is 6.62. The summed E-state index contributed by atoms with van der Waals surface area (Å²) in [6.45, 7) is 13.0. The standard InChI is InChI=1S/C23H27BFN3O3/c1-14-10-17(25)18(12-16(14)24-30-22(4,5)23(6,7)31-24)28-20(29)19-11-15(8-9-27-19)21(2,3)13-26/h8-12H,1-7H3,(H,28,29). The van der Waals surface area contributed by atoms with E-state index in [0.29, 0.717) is 16.6 Å². The van der Waals surface area contributed by atoms with E-state index in [1.54, 1.807) is 32.9 Å². The van der Waals surface area contributed by atoms with Crippen molar-refractivity contribution in [2.45, 2.75) is 65.1 Å². The van der Waals surface area contributed by atoms with Gasteiger partial charge in [0.05, 0.1) is 28.4 Å². The summed E-state index contributed by atoms with van der Waals surface area (Å²) in [6, 6.07) is 8.30. The van der Waals surface area contributed by atoms with Gasteiger partial charge in [0.2, 0.25) is 0 Å². The van der Waals surface area contributed by atoms with Gasteiger partial charge >= 0.3 is 7.12 Å². The molecule has 3 rings (SSSR count). The SMILES string of the molecule is Cc1cc(F)c(NC(=O)c2cc(C(C)(C)C#N)ccn2)cc1B1OC(C)(C)C(C)(C)O1. The first-order valence-electron chi connectivity index (χ1n) is 10.1. The number of nitrogens with zero attached hydrogens (tertiary/aromatic N) is 2. The summed E-state index contributed by atoms with van der Waals surface area (Å²) in [5, 5.41) is 11.9. The molecule has 8 heteroatoms. The van der Waals surface area contributed by atoms with Crippen LogP contribution in [0, 0.1) is 24.1 Å². The smallest absolute Gasteiger partial charge is 0.399 e. The average molecular weight is 423 g/mol. The maximum atomic E-state index is 14.7. The number of hydrogen-bond donors (Lipinski definition) is 1. The van der Waals surface area contributed by atoms with Crippen LogP contribution < -0.4 is 10.8 Å². The van der Waals surface area contributed by atoms with E-state index in [-0.39, 0.29) is 11.4 Å². The van der Waals surface area contributed by atoms with Gasteiger partial charge < -0.3 is 14.6 Å². The molecule has 2 heterocycles. The number of amides is 1. The van der Waals surface area contributed by atoms with Crippen LogP contribution in [-0.4, -0.2) is 29.2 Å². The van der Waals surface area contributed by atoms with Crippen molar-refractivity contribution in [3.05, 3.63) is 53.1 Å². The zero-order valence-corrected chi connectivity index (χ0v) is 19.0. The third-order valence-electron chi connectivity index (χ3n) is 6.10. The van der Waals surface area contributed by atoms with Gasteiger partial charge in [0.25, 0.3) is 5.91 Å². The number of benzene rings is 1. The predicted octanol–water partition coefficient (Wildman–Crippen LogP) is 3.88. The second-order valence-electron chi connectivity index (χ2n) is 9.40. The first-order valence-corrected chi connectivity index (χ1v) is 10.1. The molecule has 0 radical (unpaired) electrons. The molecule has 1 aliphatic heterocycles. The van der Waals surface area contributed by atoms with Gasteiger partial charge in [-0.3, -0.25) is 9.78 Å². The Morgan fingerprint density at radius 3 is 2.39 bits per heavy atom. The Bertz CT molecular complexity index is 1060. The summed E-state index contributed by atoms with van der Waals surface area (Å²) in [6.07, 6.45) is 1.46. The van der Waals surface area contributed by atoms with Crippen molar-refractivity contribution in [3.8, 4) is 6.07 Å².